The molecule has 2 aromatic rings. The lowest BCUT2D eigenvalue weighted by atomic mass is 9.96. The standard InChI is InChI=1S/C18H19NO4/c1-13-3-2-4-16(11-13)23-18(21)14-5-8-19(9-6-14)17(20)15-7-10-22-12-15/h2-4,7,10-12,14H,5-6,8-9H2,1H3. The molecule has 5 heteroatoms. The molecule has 1 amide bonds. The highest BCUT2D eigenvalue weighted by atomic mass is 16.5. The van der Waals surface area contributed by atoms with Gasteiger partial charge in [-0.1, -0.05) is 12.1 Å². The van der Waals surface area contributed by atoms with Gasteiger partial charge in [-0.15, -0.1) is 0 Å². The molecule has 1 aromatic heterocycles. The molecule has 0 spiro atoms. The number of nitrogens with zero attached hydrogens (tertiary/aromatic N) is 1. The van der Waals surface area contributed by atoms with Crippen LogP contribution in [0.15, 0.2) is 47.3 Å². The van der Waals surface area contributed by atoms with Crippen LogP contribution in [-0.2, 0) is 4.79 Å². The minimum atomic E-state index is -0.217. The number of rotatable bonds is 3. The molecule has 0 atom stereocenters. The van der Waals surface area contributed by atoms with Crippen molar-refractivity contribution in [3.63, 3.8) is 0 Å². The fraction of sp³-hybridized carbons (Fsp3) is 0.333. The van der Waals surface area contributed by atoms with Gasteiger partial charge in [0.2, 0.25) is 0 Å². The number of carbonyl (C=O) groups excluding carboxylic acids is 2. The highest BCUT2D eigenvalue weighted by molar-refractivity contribution is 5.94. The molecule has 0 radical (unpaired) electrons. The molecule has 3 rings (SSSR count). The van der Waals surface area contributed by atoms with E-state index in [0.717, 1.165) is 5.56 Å². The summed E-state index contributed by atoms with van der Waals surface area (Å²) in [5.74, 6) is 0.145. The summed E-state index contributed by atoms with van der Waals surface area (Å²) in [5, 5.41) is 0. The van der Waals surface area contributed by atoms with Crippen molar-refractivity contribution in [2.24, 2.45) is 5.92 Å². The highest BCUT2D eigenvalue weighted by Crippen LogP contribution is 2.22. The summed E-state index contributed by atoms with van der Waals surface area (Å²) >= 11 is 0. The number of furan rings is 1. The van der Waals surface area contributed by atoms with Gasteiger partial charge in [-0.25, -0.2) is 0 Å². The third-order valence-corrected chi connectivity index (χ3v) is 4.09. The Hall–Kier alpha value is -2.56. The molecule has 5 nitrogen and oxygen atoms in total. The molecule has 2 heterocycles. The molecule has 1 saturated heterocycles. The first-order valence-electron chi connectivity index (χ1n) is 7.73. The van der Waals surface area contributed by atoms with E-state index >= 15 is 0 Å². The van der Waals surface area contributed by atoms with Gasteiger partial charge in [-0.05, 0) is 43.5 Å². The van der Waals surface area contributed by atoms with E-state index < -0.39 is 0 Å². The van der Waals surface area contributed by atoms with Crippen LogP contribution in [0.1, 0.15) is 28.8 Å². The predicted molar refractivity (Wildman–Crippen MR) is 84.1 cm³/mol. The zero-order chi connectivity index (χ0) is 16.2. The molecule has 1 aliphatic heterocycles. The lowest BCUT2D eigenvalue weighted by molar-refractivity contribution is -0.140. The molecule has 1 aliphatic rings. The van der Waals surface area contributed by atoms with E-state index in [1.807, 2.05) is 25.1 Å². The zero-order valence-corrected chi connectivity index (χ0v) is 13.0. The summed E-state index contributed by atoms with van der Waals surface area (Å²) in [5.41, 5.74) is 1.60. The molecule has 0 bridgehead atoms. The summed E-state index contributed by atoms with van der Waals surface area (Å²) in [6.07, 6.45) is 4.17. The van der Waals surface area contributed by atoms with E-state index in [4.69, 9.17) is 9.15 Å². The van der Waals surface area contributed by atoms with Gasteiger partial charge in [-0.2, -0.15) is 0 Å². The van der Waals surface area contributed by atoms with Crippen LogP contribution in [0.3, 0.4) is 0 Å². The third-order valence-electron chi connectivity index (χ3n) is 4.09. The fourth-order valence-corrected chi connectivity index (χ4v) is 2.77. The van der Waals surface area contributed by atoms with Crippen LogP contribution in [0.5, 0.6) is 5.75 Å². The first-order valence-corrected chi connectivity index (χ1v) is 7.73. The van der Waals surface area contributed by atoms with Crippen molar-refractivity contribution in [3.8, 4) is 5.75 Å². The van der Waals surface area contributed by atoms with E-state index in [0.29, 0.717) is 37.2 Å². The van der Waals surface area contributed by atoms with Crippen LogP contribution in [0.4, 0.5) is 0 Å². The maximum Gasteiger partial charge on any atom is 0.314 e. The molecular weight excluding hydrogens is 294 g/mol. The Morgan fingerprint density at radius 2 is 2.00 bits per heavy atom. The van der Waals surface area contributed by atoms with Crippen LogP contribution in [0.2, 0.25) is 0 Å². The zero-order valence-electron chi connectivity index (χ0n) is 13.0. The normalized spacial score (nSPS) is 15.4. The molecule has 23 heavy (non-hydrogen) atoms. The Bertz CT molecular complexity index is 685. The van der Waals surface area contributed by atoms with Crippen LogP contribution in [0.25, 0.3) is 0 Å². The monoisotopic (exact) mass is 313 g/mol. The topological polar surface area (TPSA) is 59.8 Å². The number of likely N-dealkylation sites (tertiary alicyclic amines) is 1. The number of hydrogen-bond donors (Lipinski definition) is 0. The number of ether oxygens (including phenoxy) is 1. The van der Waals surface area contributed by atoms with Crippen molar-refractivity contribution in [2.45, 2.75) is 19.8 Å². The predicted octanol–water partition coefficient (Wildman–Crippen LogP) is 3.05. The average Bonchev–Trinajstić information content (AvgIpc) is 3.09. The second-order valence-electron chi connectivity index (χ2n) is 5.82. The number of piperidine rings is 1. The quantitative estimate of drug-likeness (QED) is 0.645. The molecule has 0 saturated carbocycles. The van der Waals surface area contributed by atoms with E-state index in [1.54, 1.807) is 17.0 Å². The fourth-order valence-electron chi connectivity index (χ4n) is 2.77. The van der Waals surface area contributed by atoms with Gasteiger partial charge in [0, 0.05) is 13.1 Å². The Kier molecular flexibility index (Phi) is 4.46. The number of aryl methyl sites for hydroxylation is 1. The van der Waals surface area contributed by atoms with Crippen molar-refractivity contribution in [2.75, 3.05) is 13.1 Å². The molecular formula is C18H19NO4. The SMILES string of the molecule is Cc1cccc(OC(=O)C2CCN(C(=O)c3ccoc3)CC2)c1. The van der Waals surface area contributed by atoms with E-state index in [9.17, 15) is 9.59 Å². The summed E-state index contributed by atoms with van der Waals surface area (Å²) in [6, 6.07) is 9.10. The maximum atomic E-state index is 12.2. The summed E-state index contributed by atoms with van der Waals surface area (Å²) in [7, 11) is 0. The lowest BCUT2D eigenvalue weighted by Crippen LogP contribution is -2.41. The molecule has 1 aromatic carbocycles. The highest BCUT2D eigenvalue weighted by Gasteiger charge is 2.29. The van der Waals surface area contributed by atoms with Crippen LogP contribution < -0.4 is 4.74 Å². The van der Waals surface area contributed by atoms with Crippen molar-refractivity contribution in [1.82, 2.24) is 4.90 Å². The second-order valence-corrected chi connectivity index (χ2v) is 5.82. The largest absolute Gasteiger partial charge is 0.472 e. The van der Waals surface area contributed by atoms with E-state index in [1.165, 1.54) is 12.5 Å². The van der Waals surface area contributed by atoms with Gasteiger partial charge in [0.05, 0.1) is 17.7 Å². The number of hydrogen-bond acceptors (Lipinski definition) is 4. The van der Waals surface area contributed by atoms with Crippen molar-refractivity contribution in [1.29, 1.82) is 0 Å². The Morgan fingerprint density at radius 3 is 2.65 bits per heavy atom. The lowest BCUT2D eigenvalue weighted by Gasteiger charge is -2.30. The van der Waals surface area contributed by atoms with E-state index in [2.05, 4.69) is 0 Å². The minimum Gasteiger partial charge on any atom is -0.472 e. The van der Waals surface area contributed by atoms with Crippen molar-refractivity contribution in [3.05, 3.63) is 54.0 Å². The number of carbonyl (C=O) groups is 2. The summed E-state index contributed by atoms with van der Waals surface area (Å²) < 4.78 is 10.4. The maximum absolute atomic E-state index is 12.2. The smallest absolute Gasteiger partial charge is 0.314 e. The Morgan fingerprint density at radius 1 is 1.22 bits per heavy atom. The number of esters is 1. The van der Waals surface area contributed by atoms with Crippen LogP contribution in [0, 0.1) is 12.8 Å². The molecule has 0 aliphatic carbocycles. The van der Waals surface area contributed by atoms with E-state index in [-0.39, 0.29) is 17.8 Å². The molecule has 120 valence electrons. The Balaban J connectivity index is 1.54. The van der Waals surface area contributed by atoms with Gasteiger partial charge < -0.3 is 14.1 Å². The first-order chi connectivity index (χ1) is 11.1. The average molecular weight is 313 g/mol. The molecule has 0 unspecified atom stereocenters. The van der Waals surface area contributed by atoms with Gasteiger partial charge in [0.25, 0.3) is 5.91 Å². The second kappa shape index (κ2) is 6.69. The Labute approximate surface area is 134 Å². The van der Waals surface area contributed by atoms with Gasteiger partial charge in [-0.3, -0.25) is 9.59 Å². The van der Waals surface area contributed by atoms with Crippen LogP contribution >= 0.6 is 0 Å². The van der Waals surface area contributed by atoms with Gasteiger partial charge in [0.1, 0.15) is 12.0 Å². The third kappa shape index (κ3) is 3.62. The number of benzene rings is 1. The van der Waals surface area contributed by atoms with Crippen molar-refractivity contribution >= 4 is 11.9 Å². The van der Waals surface area contributed by atoms with Gasteiger partial charge in [0.15, 0.2) is 0 Å². The minimum absolute atomic E-state index is 0.0516. The van der Waals surface area contributed by atoms with Crippen LogP contribution in [-0.4, -0.2) is 29.9 Å². The molecule has 1 fully saturated rings. The summed E-state index contributed by atoms with van der Waals surface area (Å²) in [4.78, 5) is 26.2. The number of amides is 1. The van der Waals surface area contributed by atoms with Crippen molar-refractivity contribution < 1.29 is 18.7 Å². The molecule has 0 N–H and O–H groups in total. The van der Waals surface area contributed by atoms with Gasteiger partial charge >= 0.3 is 5.97 Å². The summed E-state index contributed by atoms with van der Waals surface area (Å²) in [6.45, 7) is 3.06. The first kappa shape index (κ1) is 15.3.